The number of pyridine rings is 10. The first kappa shape index (κ1) is 58.3. The van der Waals surface area contributed by atoms with Crippen molar-refractivity contribution in [2.45, 2.75) is 0 Å². The molecule has 460 valence electrons. The van der Waals surface area contributed by atoms with E-state index in [4.69, 9.17) is 19.9 Å². The first-order chi connectivity index (χ1) is 48.6. The van der Waals surface area contributed by atoms with Gasteiger partial charge in [0.25, 0.3) is 0 Å². The van der Waals surface area contributed by atoms with E-state index in [1.165, 1.54) is 5.39 Å². The molecule has 6 aromatic carbocycles. The quantitative estimate of drug-likeness (QED) is 0.116. The van der Waals surface area contributed by atoms with E-state index in [0.29, 0.717) is 0 Å². The first-order valence-electron chi connectivity index (χ1n) is 32.3. The van der Waals surface area contributed by atoms with Gasteiger partial charge in [0.15, 0.2) is 0 Å². The van der Waals surface area contributed by atoms with E-state index < -0.39 is 0 Å². The van der Waals surface area contributed by atoms with Crippen molar-refractivity contribution in [2.75, 3.05) is 0 Å². The van der Waals surface area contributed by atoms with E-state index in [1.54, 1.807) is 6.20 Å². The van der Waals surface area contributed by atoms with Crippen molar-refractivity contribution >= 4 is 43.6 Å². The third-order valence-corrected chi connectivity index (χ3v) is 17.7. The molecule has 12 heterocycles. The molecule has 12 aromatic heterocycles. The van der Waals surface area contributed by atoms with Crippen molar-refractivity contribution in [3.8, 4) is 124 Å². The molecule has 0 atom stereocenters. The smallest absolute Gasteiger partial charge is 0.137 e. The highest BCUT2D eigenvalue weighted by molar-refractivity contribution is 6.10. The Morgan fingerprint density at radius 1 is 0.184 bits per heavy atom. The van der Waals surface area contributed by atoms with Crippen LogP contribution in [0.15, 0.2) is 341 Å². The molecule has 18 rings (SSSR count). The van der Waals surface area contributed by atoms with Crippen LogP contribution in [-0.2, 0) is 0 Å². The summed E-state index contributed by atoms with van der Waals surface area (Å²) in [7, 11) is 0. The zero-order valence-corrected chi connectivity index (χ0v) is 52.7. The summed E-state index contributed by atoms with van der Waals surface area (Å²) in [6.07, 6.45) is 20.4. The summed E-state index contributed by atoms with van der Waals surface area (Å²) >= 11 is 0. The highest BCUT2D eigenvalue weighted by Crippen LogP contribution is 2.39. The van der Waals surface area contributed by atoms with E-state index in [9.17, 15) is 0 Å². The van der Waals surface area contributed by atoms with Gasteiger partial charge in [-0.3, -0.25) is 39.0 Å². The van der Waals surface area contributed by atoms with Crippen molar-refractivity contribution in [3.05, 3.63) is 341 Å². The summed E-state index contributed by atoms with van der Waals surface area (Å²) in [5.74, 6) is 1.68. The summed E-state index contributed by atoms with van der Waals surface area (Å²) in [5.41, 5.74) is 23.6. The summed E-state index contributed by atoms with van der Waals surface area (Å²) in [6.45, 7) is 0. The third-order valence-electron chi connectivity index (χ3n) is 17.7. The summed E-state index contributed by atoms with van der Waals surface area (Å²) in [6, 6.07) is 93.7. The molecule has 0 spiro atoms. The summed E-state index contributed by atoms with van der Waals surface area (Å²) in [4.78, 5) is 47.6. The minimum Gasteiger partial charge on any atom is -0.294 e. The van der Waals surface area contributed by atoms with Crippen LogP contribution >= 0.6 is 0 Å². The second-order valence-corrected chi connectivity index (χ2v) is 23.8. The van der Waals surface area contributed by atoms with Gasteiger partial charge in [-0.25, -0.2) is 19.9 Å². The molecule has 0 aliphatic heterocycles. The second kappa shape index (κ2) is 25.7. The van der Waals surface area contributed by atoms with Crippen LogP contribution in [0.1, 0.15) is 0 Å². The summed E-state index contributed by atoms with van der Waals surface area (Å²) < 4.78 is 4.37. The maximum atomic E-state index is 5.20. The number of aromatic nitrogens is 12. The Balaban J connectivity index is 0.000000147. The van der Waals surface area contributed by atoms with Crippen molar-refractivity contribution in [3.63, 3.8) is 0 Å². The number of hydrogen-bond donors (Lipinski definition) is 0. The number of benzene rings is 6. The molecule has 0 radical (unpaired) electrons. The molecule has 12 nitrogen and oxygen atoms in total. The van der Waals surface area contributed by atoms with Gasteiger partial charge < -0.3 is 0 Å². The standard InChI is InChI=1S/C44H29N5.C42H27N7/c1-3-11-30(12-4-1)33-23-34(31-13-5-2-6-14-31)25-36(24-33)40-26-35(27-41(48-40)39-16-9-10-21-46-39)32-18-19-44(47-28-32)49-42-17-8-7-15-37(42)38-29-45-22-20-43(38)49;1-2-12-40-34(9-1)35-15-19-44-27-41(35)49(40)42-14-13-28(26-47-42)30-23-38(29-8-7-16-43-25-29)48-39(24-30)33-21-31(36-10-3-5-17-45-36)20-32(22-33)37-11-4-6-18-46-37/h1-29H;1-27H. The fourth-order valence-corrected chi connectivity index (χ4v) is 13.0. The van der Waals surface area contributed by atoms with Crippen LogP contribution in [0.2, 0.25) is 0 Å². The Kier molecular flexibility index (Phi) is 15.3. The molecule has 18 aromatic rings. The lowest BCUT2D eigenvalue weighted by Crippen LogP contribution is -1.98. The normalized spacial score (nSPS) is 11.3. The lowest BCUT2D eigenvalue weighted by Gasteiger charge is -2.14. The largest absolute Gasteiger partial charge is 0.294 e. The minimum absolute atomic E-state index is 0.804. The van der Waals surface area contributed by atoms with Crippen molar-refractivity contribution < 1.29 is 0 Å². The molecule has 0 saturated heterocycles. The van der Waals surface area contributed by atoms with Crippen molar-refractivity contribution in [2.24, 2.45) is 0 Å². The van der Waals surface area contributed by atoms with Gasteiger partial charge in [-0.1, -0.05) is 115 Å². The van der Waals surface area contributed by atoms with Crippen molar-refractivity contribution in [1.29, 1.82) is 0 Å². The fourth-order valence-electron chi connectivity index (χ4n) is 13.0. The molecule has 12 heteroatoms. The number of para-hydroxylation sites is 2. The van der Waals surface area contributed by atoms with E-state index in [1.807, 2.05) is 147 Å². The SMILES string of the molecule is c1ccc(-c2cc(-c3ccccc3)cc(-c3cc(-c4ccc(-n5c6ccccc6c6cnccc65)nc4)cc(-c4ccccn4)n3)c2)cc1.c1ccc(-c2cc(-c3ccccn3)cc(-c3cc(-c4ccc(-n5c6ccccc6c6ccncc65)nc4)cc(-c4cccnc4)n3)c2)nc1. The van der Waals surface area contributed by atoms with E-state index in [2.05, 4.69) is 227 Å². The molecule has 0 aliphatic rings. The van der Waals surface area contributed by atoms with Crippen LogP contribution in [0.5, 0.6) is 0 Å². The van der Waals surface area contributed by atoms with Crippen LogP contribution < -0.4 is 0 Å². The molecule has 0 amide bonds. The van der Waals surface area contributed by atoms with Crippen LogP contribution in [-0.4, -0.2) is 59.0 Å². The number of fused-ring (bicyclic) bond motifs is 6. The Morgan fingerprint density at radius 2 is 0.592 bits per heavy atom. The molecule has 0 fully saturated rings. The highest BCUT2D eigenvalue weighted by atomic mass is 15.1. The number of rotatable bonds is 12. The van der Waals surface area contributed by atoms with Gasteiger partial charge in [-0.2, -0.15) is 0 Å². The van der Waals surface area contributed by atoms with Crippen LogP contribution in [0, 0.1) is 0 Å². The lowest BCUT2D eigenvalue weighted by molar-refractivity contribution is 1.08. The van der Waals surface area contributed by atoms with Crippen LogP contribution in [0.4, 0.5) is 0 Å². The van der Waals surface area contributed by atoms with Gasteiger partial charge >= 0.3 is 0 Å². The van der Waals surface area contributed by atoms with Gasteiger partial charge in [0, 0.05) is 122 Å². The van der Waals surface area contributed by atoms with E-state index >= 15 is 0 Å². The lowest BCUT2D eigenvalue weighted by atomic mass is 9.94. The van der Waals surface area contributed by atoms with Crippen LogP contribution in [0.25, 0.3) is 167 Å². The molecule has 0 bridgehead atoms. The first-order valence-corrected chi connectivity index (χ1v) is 32.3. The summed E-state index contributed by atoms with van der Waals surface area (Å²) in [5, 5.41) is 4.58. The van der Waals surface area contributed by atoms with Gasteiger partial charge in [0.05, 0.1) is 68.1 Å². The molecule has 0 unspecified atom stereocenters. The Bertz CT molecular complexity index is 5300. The molecule has 98 heavy (non-hydrogen) atoms. The van der Waals surface area contributed by atoms with Gasteiger partial charge in [0.1, 0.15) is 11.6 Å². The van der Waals surface area contributed by atoms with Gasteiger partial charge in [-0.05, 0) is 191 Å². The van der Waals surface area contributed by atoms with Crippen molar-refractivity contribution in [1.82, 2.24) is 59.0 Å². The molecular formula is C86H56N12. The van der Waals surface area contributed by atoms with Crippen LogP contribution in [0.3, 0.4) is 0 Å². The number of hydrogen-bond acceptors (Lipinski definition) is 10. The Morgan fingerprint density at radius 3 is 1.13 bits per heavy atom. The zero-order valence-electron chi connectivity index (χ0n) is 52.7. The molecule has 0 N–H and O–H groups in total. The van der Waals surface area contributed by atoms with Gasteiger partial charge in [0.2, 0.25) is 0 Å². The monoisotopic (exact) mass is 1260 g/mol. The highest BCUT2D eigenvalue weighted by Gasteiger charge is 2.19. The van der Waals surface area contributed by atoms with E-state index in [0.717, 1.165) is 162 Å². The molecule has 0 saturated carbocycles. The van der Waals surface area contributed by atoms with Gasteiger partial charge in [-0.15, -0.1) is 0 Å². The topological polar surface area (TPSA) is 139 Å². The number of nitrogens with zero attached hydrogens (tertiary/aromatic N) is 12. The average Bonchev–Trinajstić information content (AvgIpc) is 1.56. The zero-order chi connectivity index (χ0) is 65.1. The third kappa shape index (κ3) is 11.5. The molecule has 0 aliphatic carbocycles. The predicted octanol–water partition coefficient (Wildman–Crippen LogP) is 20.2. The molecular weight excluding hydrogens is 1200 g/mol. The van der Waals surface area contributed by atoms with E-state index in [-0.39, 0.29) is 0 Å². The fraction of sp³-hybridized carbons (Fsp3) is 0. The maximum absolute atomic E-state index is 5.20. The minimum atomic E-state index is 0.804. The Labute approximate surface area is 564 Å². The average molecular weight is 1260 g/mol. The predicted molar refractivity (Wildman–Crippen MR) is 394 cm³/mol. The Hall–Kier alpha value is -13.6. The maximum Gasteiger partial charge on any atom is 0.137 e. The second-order valence-electron chi connectivity index (χ2n) is 23.8.